The molecule has 1 aliphatic heterocycles. The van der Waals surface area contributed by atoms with E-state index in [0.717, 1.165) is 17.7 Å². The summed E-state index contributed by atoms with van der Waals surface area (Å²) in [5.74, 6) is -1.22. The maximum Gasteiger partial charge on any atom is 0.331 e. The number of hydrogen-bond acceptors (Lipinski definition) is 6. The molecule has 7 heteroatoms. The third-order valence-corrected chi connectivity index (χ3v) is 3.09. The van der Waals surface area contributed by atoms with Crippen LogP contribution < -0.4 is 10.6 Å². The summed E-state index contributed by atoms with van der Waals surface area (Å²) in [5, 5.41) is 5.33. The van der Waals surface area contributed by atoms with E-state index in [1.54, 1.807) is 0 Å². The molecule has 1 amide bonds. The highest BCUT2D eigenvalue weighted by molar-refractivity contribution is 5.92. The van der Waals surface area contributed by atoms with Gasteiger partial charge in [-0.15, -0.1) is 0 Å². The van der Waals surface area contributed by atoms with Crippen LogP contribution in [0.2, 0.25) is 0 Å². The molecule has 0 radical (unpaired) electrons. The molecule has 0 aliphatic carbocycles. The molecule has 0 bridgehead atoms. The van der Waals surface area contributed by atoms with Crippen molar-refractivity contribution in [3.63, 3.8) is 0 Å². The van der Waals surface area contributed by atoms with Gasteiger partial charge in [-0.3, -0.25) is 4.79 Å². The molecule has 1 aromatic rings. The van der Waals surface area contributed by atoms with E-state index in [1.165, 1.54) is 6.08 Å². The minimum atomic E-state index is -0.670. The number of esters is 2. The first-order valence-electron chi connectivity index (χ1n) is 7.56. The van der Waals surface area contributed by atoms with Crippen molar-refractivity contribution < 1.29 is 23.9 Å². The van der Waals surface area contributed by atoms with E-state index in [9.17, 15) is 14.4 Å². The van der Waals surface area contributed by atoms with Crippen LogP contribution in [0.5, 0.6) is 0 Å². The van der Waals surface area contributed by atoms with Gasteiger partial charge in [0.2, 0.25) is 0 Å². The van der Waals surface area contributed by atoms with Gasteiger partial charge in [0.25, 0.3) is 5.91 Å². The Labute approximate surface area is 145 Å². The van der Waals surface area contributed by atoms with Gasteiger partial charge in [0, 0.05) is 30.3 Å². The maximum absolute atomic E-state index is 11.5. The van der Waals surface area contributed by atoms with Crippen molar-refractivity contribution in [1.29, 1.82) is 0 Å². The second-order valence-electron chi connectivity index (χ2n) is 5.11. The zero-order valence-corrected chi connectivity index (χ0v) is 13.5. The fourth-order valence-corrected chi connectivity index (χ4v) is 1.96. The minimum Gasteiger partial charge on any atom is -0.462 e. The van der Waals surface area contributed by atoms with Crippen LogP contribution in [0.15, 0.2) is 66.7 Å². The molecular weight excluding hydrogens is 324 g/mol. The summed E-state index contributed by atoms with van der Waals surface area (Å²) in [6, 6.07) is 9.20. The number of carbonyl (C=O) groups is 3. The number of nitrogens with one attached hydrogen (secondary N) is 2. The molecule has 0 aromatic heterocycles. The molecule has 1 heterocycles. The summed E-state index contributed by atoms with van der Waals surface area (Å²) in [6.45, 7) is 3.78. The molecule has 2 N–H and O–H groups in total. The average Bonchev–Trinajstić information content (AvgIpc) is 2.58. The molecule has 0 spiro atoms. The van der Waals surface area contributed by atoms with Gasteiger partial charge in [-0.25, -0.2) is 9.59 Å². The molecule has 25 heavy (non-hydrogen) atoms. The zero-order valence-electron chi connectivity index (χ0n) is 13.5. The Hall–Kier alpha value is -3.35. The van der Waals surface area contributed by atoms with Crippen molar-refractivity contribution >= 4 is 17.8 Å². The quantitative estimate of drug-likeness (QED) is 0.573. The van der Waals surface area contributed by atoms with Gasteiger partial charge in [-0.2, -0.15) is 0 Å². The van der Waals surface area contributed by atoms with Crippen LogP contribution in [0.3, 0.4) is 0 Å². The lowest BCUT2D eigenvalue weighted by Gasteiger charge is -2.18. The van der Waals surface area contributed by atoms with E-state index in [4.69, 9.17) is 9.47 Å². The zero-order chi connectivity index (χ0) is 18.1. The molecule has 1 aromatic carbocycles. The van der Waals surface area contributed by atoms with E-state index in [1.807, 2.05) is 30.3 Å². The van der Waals surface area contributed by atoms with Crippen molar-refractivity contribution in [1.82, 2.24) is 10.6 Å². The van der Waals surface area contributed by atoms with E-state index >= 15 is 0 Å². The first kappa shape index (κ1) is 18.0. The van der Waals surface area contributed by atoms with Gasteiger partial charge in [-0.1, -0.05) is 36.9 Å². The van der Waals surface area contributed by atoms with E-state index in [0.29, 0.717) is 17.9 Å². The Morgan fingerprint density at radius 2 is 1.72 bits per heavy atom. The summed E-state index contributed by atoms with van der Waals surface area (Å²) < 4.78 is 9.95. The number of ether oxygens (including phenoxy) is 2. The highest BCUT2D eigenvalue weighted by Crippen LogP contribution is 2.04. The van der Waals surface area contributed by atoms with Crippen LogP contribution in [-0.4, -0.2) is 24.5 Å². The fraction of sp³-hybridized carbons (Fsp3) is 0.167. The number of rotatable bonds is 7. The number of benzene rings is 1. The first-order valence-corrected chi connectivity index (χ1v) is 7.56. The number of hydrogen-bond donors (Lipinski definition) is 2. The van der Waals surface area contributed by atoms with E-state index in [2.05, 4.69) is 17.2 Å². The van der Waals surface area contributed by atoms with Gasteiger partial charge < -0.3 is 20.1 Å². The lowest BCUT2D eigenvalue weighted by Crippen LogP contribution is -2.35. The molecule has 0 fully saturated rings. The van der Waals surface area contributed by atoms with Crippen molar-refractivity contribution in [3.8, 4) is 0 Å². The normalized spacial score (nSPS) is 13.7. The standard InChI is InChI=1S/C18H18N2O5/c1-13-19-15(11-16(21)20-13)9-10-24-17(22)7-8-18(23)25-12-14-5-3-2-4-6-14/h2-8,11,19H,1,9-10,12H2,(H,20,21)/b8-7+. The van der Waals surface area contributed by atoms with Crippen LogP contribution in [0, 0.1) is 0 Å². The Morgan fingerprint density at radius 1 is 1.04 bits per heavy atom. The first-order chi connectivity index (χ1) is 12.0. The molecule has 0 saturated heterocycles. The summed E-state index contributed by atoms with van der Waals surface area (Å²) >= 11 is 0. The molecule has 0 atom stereocenters. The Kier molecular flexibility index (Phi) is 6.53. The van der Waals surface area contributed by atoms with Gasteiger partial charge in [0.05, 0.1) is 6.61 Å². The summed E-state index contributed by atoms with van der Waals surface area (Å²) in [5.41, 5.74) is 1.44. The van der Waals surface area contributed by atoms with E-state index in [-0.39, 0.29) is 19.1 Å². The largest absolute Gasteiger partial charge is 0.462 e. The van der Waals surface area contributed by atoms with Crippen LogP contribution in [0.1, 0.15) is 12.0 Å². The lowest BCUT2D eigenvalue weighted by atomic mass is 10.2. The highest BCUT2D eigenvalue weighted by Gasteiger charge is 2.11. The van der Waals surface area contributed by atoms with Gasteiger partial charge in [-0.05, 0) is 5.56 Å². The second kappa shape index (κ2) is 9.07. The van der Waals surface area contributed by atoms with Crippen molar-refractivity contribution in [3.05, 3.63) is 72.2 Å². The van der Waals surface area contributed by atoms with Gasteiger partial charge in [0.15, 0.2) is 0 Å². The van der Waals surface area contributed by atoms with Crippen molar-refractivity contribution in [2.24, 2.45) is 0 Å². The molecule has 2 rings (SSSR count). The molecule has 0 saturated carbocycles. The third kappa shape index (κ3) is 6.74. The SMILES string of the molecule is C=C1NC(=O)C=C(CCOC(=O)/C=C/C(=O)OCc2ccccc2)N1. The minimum absolute atomic E-state index is 0.0572. The fourth-order valence-electron chi connectivity index (χ4n) is 1.96. The Bertz CT molecular complexity index is 722. The topological polar surface area (TPSA) is 93.7 Å². The maximum atomic E-state index is 11.5. The predicted molar refractivity (Wildman–Crippen MR) is 89.5 cm³/mol. The molecular formula is C18H18N2O5. The monoisotopic (exact) mass is 342 g/mol. The number of amides is 1. The molecule has 1 aliphatic rings. The van der Waals surface area contributed by atoms with Crippen molar-refractivity contribution in [2.45, 2.75) is 13.0 Å². The van der Waals surface area contributed by atoms with Crippen LogP contribution >= 0.6 is 0 Å². The molecule has 130 valence electrons. The number of carbonyl (C=O) groups excluding carboxylic acids is 3. The highest BCUT2D eigenvalue weighted by atomic mass is 16.5. The summed E-state index contributed by atoms with van der Waals surface area (Å²) in [6.07, 6.45) is 3.70. The Balaban J connectivity index is 1.67. The van der Waals surface area contributed by atoms with Gasteiger partial charge >= 0.3 is 11.9 Å². The van der Waals surface area contributed by atoms with E-state index < -0.39 is 11.9 Å². The van der Waals surface area contributed by atoms with Crippen LogP contribution in [0.4, 0.5) is 0 Å². The summed E-state index contributed by atoms with van der Waals surface area (Å²) in [4.78, 5) is 34.3. The third-order valence-electron chi connectivity index (χ3n) is 3.09. The smallest absolute Gasteiger partial charge is 0.331 e. The Morgan fingerprint density at radius 3 is 2.40 bits per heavy atom. The average molecular weight is 342 g/mol. The lowest BCUT2D eigenvalue weighted by molar-refractivity contribution is -0.141. The second-order valence-corrected chi connectivity index (χ2v) is 5.11. The molecule has 7 nitrogen and oxygen atoms in total. The molecule has 0 unspecified atom stereocenters. The van der Waals surface area contributed by atoms with Gasteiger partial charge in [0.1, 0.15) is 12.4 Å². The van der Waals surface area contributed by atoms with Crippen LogP contribution in [0.25, 0.3) is 0 Å². The summed E-state index contributed by atoms with van der Waals surface area (Å²) in [7, 11) is 0. The van der Waals surface area contributed by atoms with Crippen LogP contribution in [-0.2, 0) is 30.5 Å². The van der Waals surface area contributed by atoms with Crippen molar-refractivity contribution in [2.75, 3.05) is 6.61 Å². The predicted octanol–water partition coefficient (Wildman–Crippen LogP) is 1.29.